The first-order valence-corrected chi connectivity index (χ1v) is 9.71. The van der Waals surface area contributed by atoms with Gasteiger partial charge in [0.2, 0.25) is 17.7 Å². The van der Waals surface area contributed by atoms with Crippen molar-refractivity contribution in [3.8, 4) is 0 Å². The number of hydrogen-bond acceptors (Lipinski definition) is 5. The van der Waals surface area contributed by atoms with E-state index in [0.29, 0.717) is 36.9 Å². The fourth-order valence-electron chi connectivity index (χ4n) is 4.26. The van der Waals surface area contributed by atoms with Crippen LogP contribution in [-0.4, -0.2) is 45.5 Å². The number of likely N-dealkylation sites (tertiary alicyclic amines) is 2. The molecule has 6 nitrogen and oxygen atoms in total. The van der Waals surface area contributed by atoms with Gasteiger partial charge in [0.05, 0.1) is 6.54 Å². The van der Waals surface area contributed by atoms with E-state index in [-0.39, 0.29) is 17.9 Å². The molecule has 0 N–H and O–H groups in total. The summed E-state index contributed by atoms with van der Waals surface area (Å²) in [6.07, 6.45) is 3.03. The molecule has 28 heavy (non-hydrogen) atoms. The van der Waals surface area contributed by atoms with Crippen molar-refractivity contribution in [1.82, 2.24) is 20.0 Å². The summed E-state index contributed by atoms with van der Waals surface area (Å²) in [6, 6.07) is 3.43. The summed E-state index contributed by atoms with van der Waals surface area (Å²) in [7, 11) is 0. The van der Waals surface area contributed by atoms with Crippen LogP contribution >= 0.6 is 0 Å². The Hall–Kier alpha value is -2.35. The Kier molecular flexibility index (Phi) is 5.14. The number of carbonyl (C=O) groups excluding carboxylic acids is 1. The molecule has 0 aliphatic carbocycles. The van der Waals surface area contributed by atoms with Crippen LogP contribution < -0.4 is 0 Å². The number of amides is 1. The zero-order valence-electron chi connectivity index (χ0n) is 16.0. The maximum absolute atomic E-state index is 13.4. The fraction of sp³-hybridized carbons (Fsp3) is 0.550. The maximum atomic E-state index is 13.4. The number of carbonyl (C=O) groups is 1. The number of benzene rings is 1. The molecule has 8 heteroatoms. The van der Waals surface area contributed by atoms with Crippen molar-refractivity contribution >= 4 is 5.91 Å². The van der Waals surface area contributed by atoms with E-state index in [1.165, 1.54) is 12.1 Å². The monoisotopic (exact) mass is 390 g/mol. The van der Waals surface area contributed by atoms with E-state index in [2.05, 4.69) is 15.1 Å². The Morgan fingerprint density at radius 3 is 2.39 bits per heavy atom. The van der Waals surface area contributed by atoms with Crippen LogP contribution in [0, 0.1) is 17.0 Å². The molecule has 2 aliphatic rings. The molecule has 150 valence electrons. The van der Waals surface area contributed by atoms with Gasteiger partial charge in [0.25, 0.3) is 0 Å². The highest BCUT2D eigenvalue weighted by molar-refractivity contribution is 5.79. The van der Waals surface area contributed by atoms with Gasteiger partial charge in [-0.3, -0.25) is 9.69 Å². The molecule has 2 fully saturated rings. The number of nitrogens with zero attached hydrogens (tertiary/aromatic N) is 4. The van der Waals surface area contributed by atoms with Gasteiger partial charge < -0.3 is 9.32 Å². The lowest BCUT2D eigenvalue weighted by atomic mass is 9.77. The minimum absolute atomic E-state index is 0.0527. The first-order valence-electron chi connectivity index (χ1n) is 9.71. The number of aryl methyl sites for hydroxylation is 1. The van der Waals surface area contributed by atoms with Crippen molar-refractivity contribution in [1.29, 1.82) is 0 Å². The van der Waals surface area contributed by atoms with Gasteiger partial charge in [-0.1, -0.05) is 6.92 Å². The van der Waals surface area contributed by atoms with E-state index in [4.69, 9.17) is 4.42 Å². The topological polar surface area (TPSA) is 62.5 Å². The lowest BCUT2D eigenvalue weighted by molar-refractivity contribution is -0.128. The number of piperidine rings is 1. The minimum atomic E-state index is -0.614. The zero-order chi connectivity index (χ0) is 19.7. The van der Waals surface area contributed by atoms with Crippen LogP contribution in [-0.2, 0) is 24.3 Å². The molecule has 0 atom stereocenters. The highest BCUT2D eigenvalue weighted by Crippen LogP contribution is 2.41. The molecular weight excluding hydrogens is 366 g/mol. The SMILES string of the molecule is CCc1nnc(CN2CCC3(CC2)CC(=O)N(Cc2cc(F)cc(F)c2)C3)o1. The molecule has 3 heterocycles. The second kappa shape index (κ2) is 7.58. The van der Waals surface area contributed by atoms with Crippen LogP contribution in [0.3, 0.4) is 0 Å². The molecule has 1 spiro atoms. The first-order chi connectivity index (χ1) is 13.4. The average molecular weight is 390 g/mol. The van der Waals surface area contributed by atoms with Crippen LogP contribution in [0.1, 0.15) is 43.5 Å². The highest BCUT2D eigenvalue weighted by Gasteiger charge is 2.44. The summed E-state index contributed by atoms with van der Waals surface area (Å²) >= 11 is 0. The number of hydrogen-bond donors (Lipinski definition) is 0. The smallest absolute Gasteiger partial charge is 0.230 e. The Morgan fingerprint density at radius 2 is 1.75 bits per heavy atom. The van der Waals surface area contributed by atoms with E-state index in [1.807, 2.05) is 6.92 Å². The zero-order valence-corrected chi connectivity index (χ0v) is 16.0. The van der Waals surface area contributed by atoms with E-state index in [9.17, 15) is 13.6 Å². The molecule has 4 rings (SSSR count). The van der Waals surface area contributed by atoms with Crippen molar-refractivity contribution in [2.75, 3.05) is 19.6 Å². The van der Waals surface area contributed by atoms with Crippen molar-refractivity contribution < 1.29 is 18.0 Å². The molecule has 0 saturated carbocycles. The first kappa shape index (κ1) is 19.0. The van der Waals surface area contributed by atoms with E-state index in [0.717, 1.165) is 38.4 Å². The molecule has 1 aromatic carbocycles. The summed E-state index contributed by atoms with van der Waals surface area (Å²) in [5.74, 6) is 0.107. The summed E-state index contributed by atoms with van der Waals surface area (Å²) < 4.78 is 32.4. The average Bonchev–Trinajstić information content (AvgIpc) is 3.21. The maximum Gasteiger partial charge on any atom is 0.230 e. The lowest BCUT2D eigenvalue weighted by Gasteiger charge is -2.38. The third-order valence-electron chi connectivity index (χ3n) is 5.79. The summed E-state index contributed by atoms with van der Waals surface area (Å²) in [6.45, 7) is 5.21. The van der Waals surface area contributed by atoms with Gasteiger partial charge in [0.15, 0.2) is 0 Å². The van der Waals surface area contributed by atoms with E-state index >= 15 is 0 Å². The molecular formula is C20H24F2N4O2. The third-order valence-corrected chi connectivity index (χ3v) is 5.79. The van der Waals surface area contributed by atoms with Crippen molar-refractivity contribution in [2.24, 2.45) is 5.41 Å². The minimum Gasteiger partial charge on any atom is -0.424 e. The van der Waals surface area contributed by atoms with Crippen molar-refractivity contribution in [3.63, 3.8) is 0 Å². The largest absolute Gasteiger partial charge is 0.424 e. The predicted octanol–water partition coefficient (Wildman–Crippen LogP) is 2.92. The van der Waals surface area contributed by atoms with Gasteiger partial charge in [-0.25, -0.2) is 8.78 Å². The molecule has 0 bridgehead atoms. The van der Waals surface area contributed by atoms with Gasteiger partial charge in [-0.2, -0.15) is 0 Å². The van der Waals surface area contributed by atoms with Gasteiger partial charge in [-0.15, -0.1) is 10.2 Å². The molecule has 1 aromatic heterocycles. The molecule has 0 radical (unpaired) electrons. The second-order valence-corrected chi connectivity index (χ2v) is 7.92. The number of aromatic nitrogens is 2. The van der Waals surface area contributed by atoms with Crippen molar-refractivity contribution in [3.05, 3.63) is 47.2 Å². The fourth-order valence-corrected chi connectivity index (χ4v) is 4.26. The summed E-state index contributed by atoms with van der Waals surface area (Å²) in [4.78, 5) is 16.5. The highest BCUT2D eigenvalue weighted by atomic mass is 19.1. The number of rotatable bonds is 5. The van der Waals surface area contributed by atoms with Crippen LogP contribution in [0.15, 0.2) is 22.6 Å². The van der Waals surface area contributed by atoms with Crippen LogP contribution in [0.2, 0.25) is 0 Å². The molecule has 0 unspecified atom stereocenters. The molecule has 2 aliphatic heterocycles. The van der Waals surface area contributed by atoms with Gasteiger partial charge in [0, 0.05) is 32.0 Å². The summed E-state index contributed by atoms with van der Waals surface area (Å²) in [5.41, 5.74) is 0.437. The lowest BCUT2D eigenvalue weighted by Crippen LogP contribution is -2.41. The second-order valence-electron chi connectivity index (χ2n) is 7.92. The Balaban J connectivity index is 1.34. The van der Waals surface area contributed by atoms with Crippen LogP contribution in [0.5, 0.6) is 0 Å². The quantitative estimate of drug-likeness (QED) is 0.786. The van der Waals surface area contributed by atoms with Crippen molar-refractivity contribution in [2.45, 2.75) is 45.7 Å². The molecule has 2 aromatic rings. The Morgan fingerprint density at radius 1 is 1.07 bits per heavy atom. The Bertz CT molecular complexity index is 841. The summed E-state index contributed by atoms with van der Waals surface area (Å²) in [5, 5.41) is 8.07. The predicted molar refractivity (Wildman–Crippen MR) is 97.0 cm³/mol. The third kappa shape index (κ3) is 4.06. The normalized spacial score (nSPS) is 19.7. The standard InChI is InChI=1S/C20H24F2N4O2/c1-2-17-23-24-18(28-17)12-25-5-3-20(4-6-25)10-19(27)26(13-20)11-14-7-15(21)9-16(22)8-14/h7-9H,2-6,10-13H2,1H3. The van der Waals surface area contributed by atoms with Gasteiger partial charge >= 0.3 is 0 Å². The van der Waals surface area contributed by atoms with Gasteiger partial charge in [-0.05, 0) is 49.0 Å². The van der Waals surface area contributed by atoms with E-state index in [1.54, 1.807) is 4.90 Å². The number of halogens is 2. The van der Waals surface area contributed by atoms with Crippen LogP contribution in [0.25, 0.3) is 0 Å². The van der Waals surface area contributed by atoms with Crippen LogP contribution in [0.4, 0.5) is 8.78 Å². The molecule has 1 amide bonds. The van der Waals surface area contributed by atoms with Gasteiger partial charge in [0.1, 0.15) is 11.6 Å². The molecule has 2 saturated heterocycles. The Labute approximate surface area is 162 Å². The van der Waals surface area contributed by atoms with E-state index < -0.39 is 11.6 Å².